The molecule has 1 aromatic rings. The molecular weight excluding hydrogens is 290 g/mol. The molecule has 21 heavy (non-hydrogen) atoms. The Hall–Kier alpha value is -1.44. The molecule has 0 bridgehead atoms. The van der Waals surface area contributed by atoms with Gasteiger partial charge in [-0.3, -0.25) is 4.79 Å². The van der Waals surface area contributed by atoms with Gasteiger partial charge in [-0.25, -0.2) is 8.42 Å². The standard InChI is InChI=1S/C14H21N3O3S/c1-10-7-16-13(9-15-10)14(18)17-8-11-3-5-12(6-4-11)21(2,19)20/h3-6,10,13,15-16H,7-9H2,1-2H3,(H,17,18). The molecule has 1 aliphatic heterocycles. The van der Waals surface area contributed by atoms with Crippen LogP contribution in [0.2, 0.25) is 0 Å². The Morgan fingerprint density at radius 1 is 1.24 bits per heavy atom. The van der Waals surface area contributed by atoms with Crippen LogP contribution in [-0.4, -0.2) is 45.8 Å². The fourth-order valence-corrected chi connectivity index (χ4v) is 2.77. The van der Waals surface area contributed by atoms with E-state index in [9.17, 15) is 13.2 Å². The first-order chi connectivity index (χ1) is 9.86. The molecule has 1 amide bonds. The lowest BCUT2D eigenvalue weighted by molar-refractivity contribution is -0.123. The van der Waals surface area contributed by atoms with Gasteiger partial charge in [0, 0.05) is 31.9 Å². The molecule has 0 spiro atoms. The zero-order chi connectivity index (χ0) is 15.5. The average molecular weight is 311 g/mol. The van der Waals surface area contributed by atoms with E-state index in [1.807, 2.05) is 0 Å². The second kappa shape index (κ2) is 6.55. The van der Waals surface area contributed by atoms with Crippen LogP contribution in [0.1, 0.15) is 12.5 Å². The van der Waals surface area contributed by atoms with Crippen molar-refractivity contribution in [3.63, 3.8) is 0 Å². The van der Waals surface area contributed by atoms with Gasteiger partial charge in [0.05, 0.1) is 10.9 Å². The maximum absolute atomic E-state index is 12.0. The number of piperazine rings is 1. The number of carbonyl (C=O) groups is 1. The lowest BCUT2D eigenvalue weighted by Gasteiger charge is -2.28. The monoisotopic (exact) mass is 311 g/mol. The molecule has 7 heteroatoms. The molecule has 2 rings (SSSR count). The van der Waals surface area contributed by atoms with Crippen molar-refractivity contribution in [2.24, 2.45) is 0 Å². The molecule has 0 aromatic heterocycles. The topological polar surface area (TPSA) is 87.3 Å². The number of carbonyl (C=O) groups excluding carboxylic acids is 1. The van der Waals surface area contributed by atoms with E-state index in [1.54, 1.807) is 24.3 Å². The third-order valence-corrected chi connectivity index (χ3v) is 4.60. The molecule has 3 N–H and O–H groups in total. The summed E-state index contributed by atoms with van der Waals surface area (Å²) in [5, 5.41) is 9.28. The number of benzene rings is 1. The van der Waals surface area contributed by atoms with E-state index in [0.29, 0.717) is 19.1 Å². The Morgan fingerprint density at radius 2 is 1.90 bits per heavy atom. The van der Waals surface area contributed by atoms with Crippen molar-refractivity contribution in [3.05, 3.63) is 29.8 Å². The molecule has 0 aliphatic carbocycles. The van der Waals surface area contributed by atoms with Crippen LogP contribution in [-0.2, 0) is 21.2 Å². The smallest absolute Gasteiger partial charge is 0.238 e. The van der Waals surface area contributed by atoms with Crippen LogP contribution in [0.15, 0.2) is 29.2 Å². The lowest BCUT2D eigenvalue weighted by atomic mass is 10.1. The zero-order valence-electron chi connectivity index (χ0n) is 12.2. The van der Waals surface area contributed by atoms with Crippen LogP contribution in [0.3, 0.4) is 0 Å². The van der Waals surface area contributed by atoms with E-state index in [4.69, 9.17) is 0 Å². The van der Waals surface area contributed by atoms with E-state index in [2.05, 4.69) is 22.9 Å². The second-order valence-electron chi connectivity index (χ2n) is 5.40. The van der Waals surface area contributed by atoms with E-state index in [0.717, 1.165) is 12.1 Å². The van der Waals surface area contributed by atoms with Gasteiger partial charge in [0.2, 0.25) is 5.91 Å². The van der Waals surface area contributed by atoms with Crippen LogP contribution in [0.25, 0.3) is 0 Å². The quantitative estimate of drug-likeness (QED) is 0.708. The summed E-state index contributed by atoms with van der Waals surface area (Å²) < 4.78 is 22.7. The minimum absolute atomic E-state index is 0.0541. The summed E-state index contributed by atoms with van der Waals surface area (Å²) in [5.74, 6) is -0.0541. The molecule has 1 aliphatic rings. The van der Waals surface area contributed by atoms with Gasteiger partial charge in [-0.1, -0.05) is 12.1 Å². The first-order valence-electron chi connectivity index (χ1n) is 6.90. The molecule has 6 nitrogen and oxygen atoms in total. The highest BCUT2D eigenvalue weighted by Crippen LogP contribution is 2.10. The van der Waals surface area contributed by atoms with Crippen LogP contribution in [0.4, 0.5) is 0 Å². The normalized spacial score (nSPS) is 22.8. The number of hydrogen-bond donors (Lipinski definition) is 3. The fraction of sp³-hybridized carbons (Fsp3) is 0.500. The zero-order valence-corrected chi connectivity index (χ0v) is 13.0. The molecule has 1 fully saturated rings. The van der Waals surface area contributed by atoms with Gasteiger partial charge in [-0.05, 0) is 24.6 Å². The van der Waals surface area contributed by atoms with Gasteiger partial charge in [-0.2, -0.15) is 0 Å². The highest BCUT2D eigenvalue weighted by molar-refractivity contribution is 7.90. The molecule has 0 radical (unpaired) electrons. The van der Waals surface area contributed by atoms with E-state index < -0.39 is 9.84 Å². The SMILES string of the molecule is CC1CNC(C(=O)NCc2ccc(S(C)(=O)=O)cc2)CN1. The van der Waals surface area contributed by atoms with E-state index in [-0.39, 0.29) is 16.8 Å². The largest absolute Gasteiger partial charge is 0.351 e. The van der Waals surface area contributed by atoms with Crippen molar-refractivity contribution < 1.29 is 13.2 Å². The predicted octanol–water partition coefficient (Wildman–Crippen LogP) is -0.344. The Balaban J connectivity index is 1.87. The van der Waals surface area contributed by atoms with Crippen LogP contribution >= 0.6 is 0 Å². The summed E-state index contributed by atoms with van der Waals surface area (Å²) in [6.45, 7) is 3.82. The number of nitrogens with one attached hydrogen (secondary N) is 3. The van der Waals surface area contributed by atoms with Gasteiger partial charge >= 0.3 is 0 Å². The molecule has 0 saturated carbocycles. The maximum Gasteiger partial charge on any atom is 0.238 e. The van der Waals surface area contributed by atoms with Crippen molar-refractivity contribution in [2.45, 2.75) is 30.4 Å². The van der Waals surface area contributed by atoms with Gasteiger partial charge in [0.15, 0.2) is 9.84 Å². The van der Waals surface area contributed by atoms with Crippen molar-refractivity contribution in [1.82, 2.24) is 16.0 Å². The number of hydrogen-bond acceptors (Lipinski definition) is 5. The molecule has 2 unspecified atom stereocenters. The van der Waals surface area contributed by atoms with Crippen molar-refractivity contribution in [3.8, 4) is 0 Å². The molecule has 116 valence electrons. The van der Waals surface area contributed by atoms with Gasteiger partial charge < -0.3 is 16.0 Å². The Bertz CT molecular complexity index is 590. The first kappa shape index (κ1) is 15.9. The summed E-state index contributed by atoms with van der Waals surface area (Å²) in [6.07, 6.45) is 1.17. The lowest BCUT2D eigenvalue weighted by Crippen LogP contribution is -2.58. The van der Waals surface area contributed by atoms with Crippen molar-refractivity contribution in [2.75, 3.05) is 19.3 Å². The Kier molecular flexibility index (Phi) is 4.97. The minimum Gasteiger partial charge on any atom is -0.351 e. The van der Waals surface area contributed by atoms with Crippen LogP contribution in [0, 0.1) is 0 Å². The van der Waals surface area contributed by atoms with Gasteiger partial charge in [-0.15, -0.1) is 0 Å². The molecule has 1 heterocycles. The van der Waals surface area contributed by atoms with Crippen molar-refractivity contribution >= 4 is 15.7 Å². The van der Waals surface area contributed by atoms with Crippen LogP contribution < -0.4 is 16.0 Å². The van der Waals surface area contributed by atoms with E-state index in [1.165, 1.54) is 6.26 Å². The molecule has 1 aromatic carbocycles. The second-order valence-corrected chi connectivity index (χ2v) is 7.42. The summed E-state index contributed by atoms with van der Waals surface area (Å²) in [4.78, 5) is 12.3. The number of amides is 1. The van der Waals surface area contributed by atoms with Gasteiger partial charge in [0.25, 0.3) is 0 Å². The summed E-state index contributed by atoms with van der Waals surface area (Å²) in [7, 11) is -3.18. The molecule has 1 saturated heterocycles. The van der Waals surface area contributed by atoms with Gasteiger partial charge in [0.1, 0.15) is 0 Å². The Morgan fingerprint density at radius 3 is 2.43 bits per heavy atom. The fourth-order valence-electron chi connectivity index (χ4n) is 2.13. The molecule has 2 atom stereocenters. The third-order valence-electron chi connectivity index (χ3n) is 3.48. The van der Waals surface area contributed by atoms with Crippen LogP contribution in [0.5, 0.6) is 0 Å². The number of rotatable bonds is 4. The number of sulfone groups is 1. The summed E-state index contributed by atoms with van der Waals surface area (Å²) in [6, 6.07) is 6.68. The summed E-state index contributed by atoms with van der Waals surface area (Å²) in [5.41, 5.74) is 0.868. The highest BCUT2D eigenvalue weighted by Gasteiger charge is 2.22. The highest BCUT2D eigenvalue weighted by atomic mass is 32.2. The van der Waals surface area contributed by atoms with Crippen molar-refractivity contribution in [1.29, 1.82) is 0 Å². The third kappa shape index (κ3) is 4.52. The maximum atomic E-state index is 12.0. The average Bonchev–Trinajstić information content (AvgIpc) is 2.45. The Labute approximate surface area is 125 Å². The van der Waals surface area contributed by atoms with E-state index >= 15 is 0 Å². The molecular formula is C14H21N3O3S. The predicted molar refractivity (Wildman–Crippen MR) is 80.7 cm³/mol. The first-order valence-corrected chi connectivity index (χ1v) is 8.79. The minimum atomic E-state index is -3.18. The summed E-state index contributed by atoms with van der Waals surface area (Å²) >= 11 is 0.